The quantitative estimate of drug-likeness (QED) is 0.635. The Balaban J connectivity index is 2.64. The van der Waals surface area contributed by atoms with Crippen molar-refractivity contribution in [3.63, 3.8) is 0 Å². The predicted octanol–water partition coefficient (Wildman–Crippen LogP) is 3.75. The summed E-state index contributed by atoms with van der Waals surface area (Å²) in [6, 6.07) is 3.29. The molecule has 0 saturated carbocycles. The van der Waals surface area contributed by atoms with Gasteiger partial charge in [-0.3, -0.25) is 0 Å². The Morgan fingerprint density at radius 1 is 1.50 bits per heavy atom. The second-order valence-electron chi connectivity index (χ2n) is 3.50. The molecule has 0 aliphatic rings. The first-order valence-electron chi connectivity index (χ1n) is 5.03. The van der Waals surface area contributed by atoms with Gasteiger partial charge in [-0.1, -0.05) is 11.6 Å². The molecule has 1 aromatic heterocycles. The molecule has 0 spiro atoms. The average Bonchev–Trinajstić information content (AvgIpc) is 2.78. The maximum absolute atomic E-state index is 10.3. The molecule has 6 heteroatoms. The van der Waals surface area contributed by atoms with Crippen LogP contribution in [0.4, 0.5) is 5.69 Å². The van der Waals surface area contributed by atoms with Gasteiger partial charge in [-0.15, -0.1) is 11.3 Å². The van der Waals surface area contributed by atoms with Crippen molar-refractivity contribution in [2.24, 2.45) is 4.99 Å². The van der Waals surface area contributed by atoms with Gasteiger partial charge in [0.05, 0.1) is 23.4 Å². The topological polar surface area (TPSA) is 51.5 Å². The Labute approximate surface area is 113 Å². The van der Waals surface area contributed by atoms with Gasteiger partial charge in [0.15, 0.2) is 0 Å². The summed E-state index contributed by atoms with van der Waals surface area (Å²) < 4.78 is 5.26. The molecule has 0 radical (unpaired) electrons. The number of benzene rings is 1. The summed E-state index contributed by atoms with van der Waals surface area (Å²) in [5.74, 6) is 0.596. The number of carbonyl (C=O) groups excluding carboxylic acids is 1. The Kier molecular flexibility index (Phi) is 3.77. The fourth-order valence-electron chi connectivity index (χ4n) is 1.49. The second-order valence-corrected chi connectivity index (χ2v) is 4.77. The highest BCUT2D eigenvalue weighted by molar-refractivity contribution is 7.13. The van der Waals surface area contributed by atoms with Crippen LogP contribution >= 0.6 is 22.9 Å². The van der Waals surface area contributed by atoms with Crippen LogP contribution in [0.1, 0.15) is 5.69 Å². The van der Waals surface area contributed by atoms with Crippen LogP contribution < -0.4 is 4.74 Å². The number of thiazole rings is 1. The number of aromatic nitrogens is 1. The van der Waals surface area contributed by atoms with Crippen molar-refractivity contribution < 1.29 is 9.53 Å². The summed E-state index contributed by atoms with van der Waals surface area (Å²) >= 11 is 7.47. The molecular weight excluding hydrogens is 272 g/mol. The normalized spacial score (nSPS) is 9.94. The number of rotatable bonds is 3. The molecule has 2 aromatic rings. The minimum atomic E-state index is 0.340. The number of hydrogen-bond donors (Lipinski definition) is 0. The van der Waals surface area contributed by atoms with E-state index in [1.54, 1.807) is 19.2 Å². The largest absolute Gasteiger partial charge is 0.496 e. The third-order valence-electron chi connectivity index (χ3n) is 2.28. The number of ether oxygens (including phenoxy) is 1. The molecule has 18 heavy (non-hydrogen) atoms. The Hall–Kier alpha value is -1.68. The van der Waals surface area contributed by atoms with E-state index in [1.807, 2.05) is 12.3 Å². The van der Waals surface area contributed by atoms with E-state index in [-0.39, 0.29) is 0 Å². The minimum Gasteiger partial charge on any atom is -0.496 e. The smallest absolute Gasteiger partial charge is 0.240 e. The van der Waals surface area contributed by atoms with Crippen LogP contribution in [0.5, 0.6) is 5.75 Å². The number of halogens is 1. The highest BCUT2D eigenvalue weighted by Crippen LogP contribution is 2.39. The van der Waals surface area contributed by atoms with Gasteiger partial charge in [0.1, 0.15) is 10.8 Å². The van der Waals surface area contributed by atoms with E-state index < -0.39 is 0 Å². The summed E-state index contributed by atoms with van der Waals surface area (Å²) in [6.07, 6.45) is 1.48. The molecule has 0 bridgehead atoms. The van der Waals surface area contributed by atoms with Crippen LogP contribution in [0.15, 0.2) is 22.5 Å². The fourth-order valence-corrected chi connectivity index (χ4v) is 2.51. The molecule has 0 atom stereocenters. The molecule has 0 amide bonds. The lowest BCUT2D eigenvalue weighted by molar-refractivity contribution is 0.416. The van der Waals surface area contributed by atoms with E-state index in [0.29, 0.717) is 16.5 Å². The highest BCUT2D eigenvalue weighted by Gasteiger charge is 2.13. The van der Waals surface area contributed by atoms with Crippen LogP contribution in [0, 0.1) is 6.92 Å². The lowest BCUT2D eigenvalue weighted by Gasteiger charge is -2.08. The molecule has 0 saturated heterocycles. The predicted molar refractivity (Wildman–Crippen MR) is 71.6 cm³/mol. The number of hydrogen-bond acceptors (Lipinski definition) is 5. The molecule has 0 fully saturated rings. The van der Waals surface area contributed by atoms with Gasteiger partial charge in [0.25, 0.3) is 0 Å². The molecular formula is C12H9ClN2O2S. The summed E-state index contributed by atoms with van der Waals surface area (Å²) in [4.78, 5) is 18.3. The van der Waals surface area contributed by atoms with E-state index in [2.05, 4.69) is 9.98 Å². The van der Waals surface area contributed by atoms with Gasteiger partial charge >= 0.3 is 0 Å². The average molecular weight is 281 g/mol. The van der Waals surface area contributed by atoms with Crippen molar-refractivity contribution in [1.82, 2.24) is 4.98 Å². The first-order chi connectivity index (χ1) is 8.65. The Bertz CT molecular complexity index is 633. The van der Waals surface area contributed by atoms with Crippen LogP contribution in [0.3, 0.4) is 0 Å². The lowest BCUT2D eigenvalue weighted by atomic mass is 10.2. The summed E-state index contributed by atoms with van der Waals surface area (Å²) in [5, 5.41) is 3.07. The van der Waals surface area contributed by atoms with E-state index in [1.165, 1.54) is 17.4 Å². The molecule has 0 N–H and O–H groups in total. The summed E-state index contributed by atoms with van der Waals surface area (Å²) in [7, 11) is 1.55. The first kappa shape index (κ1) is 12.8. The zero-order chi connectivity index (χ0) is 13.1. The highest BCUT2D eigenvalue weighted by atomic mass is 35.5. The van der Waals surface area contributed by atoms with Crippen LogP contribution in [-0.4, -0.2) is 18.2 Å². The molecule has 0 aliphatic heterocycles. The van der Waals surface area contributed by atoms with E-state index in [9.17, 15) is 4.79 Å². The van der Waals surface area contributed by atoms with Crippen LogP contribution in [0.25, 0.3) is 10.6 Å². The Morgan fingerprint density at radius 3 is 2.83 bits per heavy atom. The van der Waals surface area contributed by atoms with E-state index in [0.717, 1.165) is 16.3 Å². The third-order valence-corrected chi connectivity index (χ3v) is 3.58. The maximum Gasteiger partial charge on any atom is 0.240 e. The number of methoxy groups -OCH3 is 1. The van der Waals surface area contributed by atoms with Crippen molar-refractivity contribution >= 4 is 34.7 Å². The van der Waals surface area contributed by atoms with Crippen LogP contribution in [-0.2, 0) is 4.79 Å². The molecule has 0 unspecified atom stereocenters. The van der Waals surface area contributed by atoms with Gasteiger partial charge in [-0.05, 0) is 13.0 Å². The van der Waals surface area contributed by atoms with Gasteiger partial charge < -0.3 is 4.74 Å². The van der Waals surface area contributed by atoms with Crippen molar-refractivity contribution in [1.29, 1.82) is 0 Å². The van der Waals surface area contributed by atoms with Crippen molar-refractivity contribution in [2.75, 3.05) is 7.11 Å². The number of nitrogens with zero attached hydrogens (tertiary/aromatic N) is 2. The molecule has 1 heterocycles. The van der Waals surface area contributed by atoms with Gasteiger partial charge in [0, 0.05) is 17.1 Å². The number of aryl methyl sites for hydroxylation is 1. The second kappa shape index (κ2) is 5.31. The number of isocyanates is 1. The Morgan fingerprint density at radius 2 is 2.28 bits per heavy atom. The first-order valence-corrected chi connectivity index (χ1v) is 6.29. The fraction of sp³-hybridized carbons (Fsp3) is 0.167. The van der Waals surface area contributed by atoms with Gasteiger partial charge in [-0.2, -0.15) is 4.99 Å². The molecule has 92 valence electrons. The maximum atomic E-state index is 10.3. The SMILES string of the molecule is COc1cc(Cl)c(N=C=O)cc1-c1nc(C)cs1. The molecule has 0 aliphatic carbocycles. The third kappa shape index (κ3) is 2.43. The molecule has 1 aromatic carbocycles. The summed E-state index contributed by atoms with van der Waals surface area (Å²) in [6.45, 7) is 1.91. The van der Waals surface area contributed by atoms with Crippen molar-refractivity contribution in [3.05, 3.63) is 28.2 Å². The van der Waals surface area contributed by atoms with Crippen molar-refractivity contribution in [2.45, 2.75) is 6.92 Å². The molecule has 2 rings (SSSR count). The van der Waals surface area contributed by atoms with Crippen LogP contribution in [0.2, 0.25) is 5.02 Å². The summed E-state index contributed by atoms with van der Waals surface area (Å²) in [5.41, 5.74) is 2.04. The zero-order valence-electron chi connectivity index (χ0n) is 9.73. The lowest BCUT2D eigenvalue weighted by Crippen LogP contribution is -1.88. The monoisotopic (exact) mass is 280 g/mol. The van der Waals surface area contributed by atoms with E-state index >= 15 is 0 Å². The van der Waals surface area contributed by atoms with Gasteiger partial charge in [0.2, 0.25) is 6.08 Å². The minimum absolute atomic E-state index is 0.340. The van der Waals surface area contributed by atoms with Crippen molar-refractivity contribution in [3.8, 4) is 16.3 Å². The molecule has 4 nitrogen and oxygen atoms in total. The standard InChI is InChI=1S/C12H9ClN2O2S/c1-7-5-18-12(15-7)8-3-10(14-6-16)9(13)4-11(8)17-2/h3-5H,1-2H3. The number of aliphatic imine (C=N–C) groups is 1. The zero-order valence-corrected chi connectivity index (χ0v) is 11.3. The van der Waals surface area contributed by atoms with Gasteiger partial charge in [-0.25, -0.2) is 9.78 Å². The van der Waals surface area contributed by atoms with E-state index in [4.69, 9.17) is 16.3 Å².